The molecule has 174 valence electrons. The van der Waals surface area contributed by atoms with Crippen LogP contribution in [0.15, 0.2) is 77.7 Å². The number of carbonyl (C=O) groups excluding carboxylic acids is 1. The maximum Gasteiger partial charge on any atom is 0.513 e. The summed E-state index contributed by atoms with van der Waals surface area (Å²) < 4.78 is 41.8. The van der Waals surface area contributed by atoms with E-state index in [2.05, 4.69) is 41.0 Å². The van der Waals surface area contributed by atoms with E-state index >= 15 is 0 Å². The summed E-state index contributed by atoms with van der Waals surface area (Å²) >= 11 is 0. The Hall–Kier alpha value is -2.85. The minimum absolute atomic E-state index is 0.0365. The highest BCUT2D eigenvalue weighted by molar-refractivity contribution is 7.95. The van der Waals surface area contributed by atoms with Gasteiger partial charge in [0.15, 0.2) is 4.90 Å². The second-order valence-electron chi connectivity index (χ2n) is 7.25. The fraction of sp³-hybridized carbons (Fsp3) is 0.208. The lowest BCUT2D eigenvalue weighted by Gasteiger charge is -2.14. The highest BCUT2D eigenvalue weighted by Gasteiger charge is 2.29. The van der Waals surface area contributed by atoms with Crippen LogP contribution in [0.5, 0.6) is 5.75 Å². The van der Waals surface area contributed by atoms with Gasteiger partial charge in [0, 0.05) is 16.8 Å². The molecule has 0 aliphatic heterocycles. The topological polar surface area (TPSA) is 102 Å². The summed E-state index contributed by atoms with van der Waals surface area (Å²) in [5, 5.41) is 0. The maximum absolute atomic E-state index is 12.2. The van der Waals surface area contributed by atoms with Gasteiger partial charge in [-0.3, -0.25) is 4.18 Å². The first-order valence-electron chi connectivity index (χ1n) is 9.91. The van der Waals surface area contributed by atoms with Crippen molar-refractivity contribution in [1.82, 2.24) is 0 Å². The molecule has 0 atom stereocenters. The highest BCUT2D eigenvalue weighted by atomic mass is 32.3. The highest BCUT2D eigenvalue weighted by Crippen LogP contribution is 2.44. The number of hydrogen-bond donors (Lipinski definition) is 0. The Bertz CT molecular complexity index is 1160. The Morgan fingerprint density at radius 3 is 1.85 bits per heavy atom. The number of benzene rings is 3. The van der Waals surface area contributed by atoms with Gasteiger partial charge in [-0.2, -0.15) is 0 Å². The van der Waals surface area contributed by atoms with Crippen molar-refractivity contribution in [2.45, 2.75) is 10.8 Å². The molecule has 0 heterocycles. The van der Waals surface area contributed by atoms with E-state index in [0.717, 1.165) is 7.11 Å². The molecule has 9 heteroatoms. The van der Waals surface area contributed by atoms with Crippen LogP contribution in [0.3, 0.4) is 0 Å². The fourth-order valence-corrected chi connectivity index (χ4v) is 4.18. The van der Waals surface area contributed by atoms with Gasteiger partial charge in [0.2, 0.25) is 10.4 Å². The van der Waals surface area contributed by atoms with Gasteiger partial charge in [0.1, 0.15) is 24.9 Å². The lowest BCUT2D eigenvalue weighted by Crippen LogP contribution is -2.15. The number of carbonyl (C=O) groups is 1. The molecule has 0 amide bonds. The lowest BCUT2D eigenvalue weighted by atomic mass is 9.98. The molecule has 0 radical (unpaired) electrons. The van der Waals surface area contributed by atoms with Gasteiger partial charge in [0.05, 0.1) is 7.11 Å². The van der Waals surface area contributed by atoms with E-state index in [0.29, 0.717) is 5.75 Å². The third kappa shape index (κ3) is 6.58. The summed E-state index contributed by atoms with van der Waals surface area (Å²) in [6.45, 7) is 0.262. The molecule has 0 N–H and O–H groups in total. The summed E-state index contributed by atoms with van der Waals surface area (Å²) in [7, 11) is -3.42. The summed E-state index contributed by atoms with van der Waals surface area (Å²) in [5.41, 5.74) is 4.79. The SMILES string of the molecule is COS(=O)(=O)[O-].C[S+](C)c1ccc(OC(=O)OCC2c3ccccc3-c3ccccc32)cc1. The zero-order valence-electron chi connectivity index (χ0n) is 18.4. The zero-order chi connectivity index (χ0) is 24.0. The van der Waals surface area contributed by atoms with E-state index in [-0.39, 0.29) is 23.4 Å². The average Bonchev–Trinajstić information content (AvgIpc) is 3.12. The van der Waals surface area contributed by atoms with Crippen molar-refractivity contribution in [2.24, 2.45) is 0 Å². The quantitative estimate of drug-likeness (QED) is 0.173. The van der Waals surface area contributed by atoms with E-state index in [1.807, 2.05) is 48.5 Å². The number of hydrogen-bond acceptors (Lipinski definition) is 7. The van der Waals surface area contributed by atoms with E-state index in [4.69, 9.17) is 9.47 Å². The third-order valence-electron chi connectivity index (χ3n) is 5.03. The zero-order valence-corrected chi connectivity index (χ0v) is 20.0. The van der Waals surface area contributed by atoms with Crippen molar-refractivity contribution < 1.29 is 31.4 Å². The molecule has 0 unspecified atom stereocenters. The molecule has 0 bridgehead atoms. The molecule has 0 saturated carbocycles. The molecule has 1 aliphatic rings. The van der Waals surface area contributed by atoms with Crippen molar-refractivity contribution in [1.29, 1.82) is 0 Å². The van der Waals surface area contributed by atoms with Gasteiger partial charge in [-0.25, -0.2) is 13.2 Å². The standard InChI is InChI=1S/C23H21O3S.CH4O4S/c1-27(2)17-13-11-16(12-14-17)26-23(24)25-15-22-20-9-5-3-7-18(20)19-8-4-6-10-21(19)22;1-5-6(2,3)4/h3-14,22H,15H2,1-2H3;1H3,(H,2,3,4)/q+1;/p-1. The van der Waals surface area contributed by atoms with Crippen molar-refractivity contribution in [3.63, 3.8) is 0 Å². The van der Waals surface area contributed by atoms with Crippen molar-refractivity contribution in [3.8, 4) is 16.9 Å². The molecule has 7 nitrogen and oxygen atoms in total. The van der Waals surface area contributed by atoms with Crippen LogP contribution < -0.4 is 4.74 Å². The molecular formula is C24H24O7S2. The minimum atomic E-state index is -4.41. The van der Waals surface area contributed by atoms with Gasteiger partial charge < -0.3 is 14.0 Å². The molecule has 1 aliphatic carbocycles. The van der Waals surface area contributed by atoms with Crippen LogP contribution >= 0.6 is 0 Å². The molecule has 0 aromatic heterocycles. The van der Waals surface area contributed by atoms with Gasteiger partial charge in [-0.1, -0.05) is 48.5 Å². The minimum Gasteiger partial charge on any atom is -0.726 e. The van der Waals surface area contributed by atoms with Crippen LogP contribution in [0.2, 0.25) is 0 Å². The molecule has 33 heavy (non-hydrogen) atoms. The molecule has 3 aromatic carbocycles. The number of fused-ring (bicyclic) bond motifs is 3. The average molecular weight is 489 g/mol. The third-order valence-corrected chi connectivity index (χ3v) is 6.65. The Kier molecular flexibility index (Phi) is 8.15. The predicted octanol–water partition coefficient (Wildman–Crippen LogP) is 4.34. The molecule has 0 fully saturated rings. The Morgan fingerprint density at radius 1 is 0.909 bits per heavy atom. The summed E-state index contributed by atoms with van der Waals surface area (Å²) in [5.74, 6) is 0.538. The van der Waals surface area contributed by atoms with Crippen molar-refractivity contribution >= 4 is 27.4 Å². The van der Waals surface area contributed by atoms with Crippen LogP contribution in [-0.2, 0) is 30.2 Å². The van der Waals surface area contributed by atoms with Gasteiger partial charge in [-0.05, 0) is 46.5 Å². The van der Waals surface area contributed by atoms with Crippen LogP contribution in [0.25, 0.3) is 11.1 Å². The summed E-state index contributed by atoms with van der Waals surface area (Å²) in [6.07, 6.45) is 3.64. The molecular weight excluding hydrogens is 464 g/mol. The second-order valence-corrected chi connectivity index (χ2v) is 10.5. The van der Waals surface area contributed by atoms with Crippen LogP contribution in [-0.4, -0.2) is 45.4 Å². The Morgan fingerprint density at radius 2 is 1.39 bits per heavy atom. The number of ether oxygens (including phenoxy) is 2. The first-order chi connectivity index (χ1) is 15.7. The van der Waals surface area contributed by atoms with Gasteiger partial charge >= 0.3 is 6.16 Å². The monoisotopic (exact) mass is 488 g/mol. The molecule has 4 rings (SSSR count). The second kappa shape index (κ2) is 10.8. The molecule has 3 aromatic rings. The Balaban J connectivity index is 0.000000454. The predicted molar refractivity (Wildman–Crippen MR) is 126 cm³/mol. The first kappa shape index (κ1) is 24.8. The number of rotatable bonds is 5. The van der Waals surface area contributed by atoms with Gasteiger partial charge in [-0.15, -0.1) is 0 Å². The van der Waals surface area contributed by atoms with E-state index in [1.54, 1.807) is 0 Å². The molecule has 0 saturated heterocycles. The van der Waals surface area contributed by atoms with Crippen LogP contribution in [0, 0.1) is 0 Å². The van der Waals surface area contributed by atoms with Crippen LogP contribution in [0.1, 0.15) is 17.0 Å². The van der Waals surface area contributed by atoms with Crippen molar-refractivity contribution in [3.05, 3.63) is 83.9 Å². The maximum atomic E-state index is 12.2. The lowest BCUT2D eigenvalue weighted by molar-refractivity contribution is 0.0964. The summed E-state index contributed by atoms with van der Waals surface area (Å²) in [4.78, 5) is 13.4. The largest absolute Gasteiger partial charge is 0.726 e. The fourth-order valence-electron chi connectivity index (χ4n) is 3.50. The molecule has 0 spiro atoms. The normalized spacial score (nSPS) is 12.4. The smallest absolute Gasteiger partial charge is 0.513 e. The van der Waals surface area contributed by atoms with Crippen molar-refractivity contribution in [2.75, 3.05) is 26.2 Å². The summed E-state index contributed by atoms with van der Waals surface area (Å²) in [6, 6.07) is 24.1. The first-order valence-corrected chi connectivity index (χ1v) is 13.3. The Labute approximate surface area is 196 Å². The van der Waals surface area contributed by atoms with E-state index < -0.39 is 16.6 Å². The van der Waals surface area contributed by atoms with E-state index in [1.165, 1.54) is 27.1 Å². The van der Waals surface area contributed by atoms with Gasteiger partial charge in [0.25, 0.3) is 0 Å². The van der Waals surface area contributed by atoms with Crippen LogP contribution in [0.4, 0.5) is 4.79 Å². The van der Waals surface area contributed by atoms with E-state index in [9.17, 15) is 17.8 Å².